The number of carbonyl (C=O) groups is 1. The monoisotopic (exact) mass is 412 g/mol. The first-order valence-electron chi connectivity index (χ1n) is 10.9. The van der Waals surface area contributed by atoms with Gasteiger partial charge in [-0.15, -0.1) is 0 Å². The van der Waals surface area contributed by atoms with Gasteiger partial charge in [-0.1, -0.05) is 0 Å². The summed E-state index contributed by atoms with van der Waals surface area (Å²) >= 11 is 0. The maximum Gasteiger partial charge on any atom is 0.229 e. The number of anilines is 3. The largest absolute Gasteiger partial charge is 0.370 e. The molecule has 1 saturated heterocycles. The first kappa shape index (κ1) is 20.6. The van der Waals surface area contributed by atoms with Gasteiger partial charge in [-0.2, -0.15) is 10.1 Å². The van der Waals surface area contributed by atoms with E-state index in [9.17, 15) is 4.79 Å². The highest BCUT2D eigenvalue weighted by molar-refractivity contribution is 5.74. The zero-order valence-corrected chi connectivity index (χ0v) is 17.8. The summed E-state index contributed by atoms with van der Waals surface area (Å²) in [4.78, 5) is 22.7. The van der Waals surface area contributed by atoms with E-state index in [-0.39, 0.29) is 12.3 Å². The second-order valence-electron chi connectivity index (χ2n) is 8.61. The molecule has 2 fully saturated rings. The number of likely N-dealkylation sites (tertiary alicyclic amines) is 1. The molecule has 1 aliphatic heterocycles. The fourth-order valence-electron chi connectivity index (χ4n) is 3.99. The minimum absolute atomic E-state index is 0.277. The summed E-state index contributed by atoms with van der Waals surface area (Å²) in [5, 5.41) is 11.1. The van der Waals surface area contributed by atoms with Crippen molar-refractivity contribution in [2.45, 2.75) is 64.0 Å². The number of aromatic nitrogens is 4. The molecule has 162 valence electrons. The fourth-order valence-corrected chi connectivity index (χ4v) is 3.99. The molecular weight excluding hydrogens is 380 g/mol. The number of primary amides is 1. The molecule has 30 heavy (non-hydrogen) atoms. The Morgan fingerprint density at radius 1 is 1.23 bits per heavy atom. The van der Waals surface area contributed by atoms with E-state index < -0.39 is 0 Å². The average Bonchev–Trinajstić information content (AvgIpc) is 3.46. The van der Waals surface area contributed by atoms with Gasteiger partial charge in [0.1, 0.15) is 5.82 Å². The van der Waals surface area contributed by atoms with Crippen LogP contribution in [0.3, 0.4) is 0 Å². The molecule has 4 N–H and O–H groups in total. The zero-order valence-electron chi connectivity index (χ0n) is 17.8. The normalized spacial score (nSPS) is 18.0. The third-order valence-corrected chi connectivity index (χ3v) is 5.96. The molecule has 2 aromatic heterocycles. The maximum absolute atomic E-state index is 11.0. The molecule has 2 aliphatic rings. The SMILES string of the molecule is CC(C)N1CCC(n2cc(Nc3ncc(C4CC4)c(NCCC(N)=O)n3)cn2)CC1. The highest BCUT2D eigenvalue weighted by Gasteiger charge is 2.28. The number of piperidine rings is 1. The van der Waals surface area contributed by atoms with Crippen molar-refractivity contribution in [3.05, 3.63) is 24.2 Å². The molecule has 9 heteroatoms. The van der Waals surface area contributed by atoms with E-state index >= 15 is 0 Å². The van der Waals surface area contributed by atoms with Gasteiger partial charge in [-0.05, 0) is 45.4 Å². The number of carbonyl (C=O) groups excluding carboxylic acids is 1. The lowest BCUT2D eigenvalue weighted by Crippen LogP contribution is -2.39. The summed E-state index contributed by atoms with van der Waals surface area (Å²) in [6, 6.07) is 1.03. The predicted octanol–water partition coefficient (Wildman–Crippen LogP) is 2.63. The van der Waals surface area contributed by atoms with Crippen molar-refractivity contribution < 1.29 is 4.79 Å². The van der Waals surface area contributed by atoms with E-state index in [2.05, 4.69) is 49.1 Å². The van der Waals surface area contributed by atoms with E-state index in [0.717, 1.165) is 55.8 Å². The Morgan fingerprint density at radius 3 is 2.67 bits per heavy atom. The molecule has 0 aromatic carbocycles. The Bertz CT molecular complexity index is 868. The summed E-state index contributed by atoms with van der Waals surface area (Å²) in [6.45, 7) is 7.19. The van der Waals surface area contributed by atoms with Crippen LogP contribution in [0.4, 0.5) is 17.5 Å². The average molecular weight is 413 g/mol. The van der Waals surface area contributed by atoms with Crippen LogP contribution in [0.25, 0.3) is 0 Å². The molecule has 2 aromatic rings. The summed E-state index contributed by atoms with van der Waals surface area (Å²) in [7, 11) is 0. The van der Waals surface area contributed by atoms with E-state index in [4.69, 9.17) is 5.73 Å². The smallest absolute Gasteiger partial charge is 0.229 e. The maximum atomic E-state index is 11.0. The second-order valence-corrected chi connectivity index (χ2v) is 8.61. The van der Waals surface area contributed by atoms with E-state index in [0.29, 0.717) is 30.5 Å². The standard InChI is InChI=1S/C21H32N8O/c1-14(2)28-9-6-17(7-10-28)29-13-16(11-25-29)26-21-24-12-18(15-3-4-15)20(27-21)23-8-5-19(22)30/h11-15,17H,3-10H2,1-2H3,(H2,22,30)(H2,23,24,26,27). The van der Waals surface area contributed by atoms with Crippen LogP contribution in [0.2, 0.25) is 0 Å². The van der Waals surface area contributed by atoms with Crippen LogP contribution < -0.4 is 16.4 Å². The third kappa shape index (κ3) is 5.08. The summed E-state index contributed by atoms with van der Waals surface area (Å²) in [5.41, 5.74) is 7.24. The lowest BCUT2D eigenvalue weighted by molar-refractivity contribution is -0.117. The molecule has 0 radical (unpaired) electrons. The number of nitrogens with two attached hydrogens (primary N) is 1. The van der Waals surface area contributed by atoms with Crippen LogP contribution in [-0.4, -0.2) is 56.2 Å². The summed E-state index contributed by atoms with van der Waals surface area (Å²) in [6.07, 6.45) is 10.6. The molecule has 3 heterocycles. The Balaban J connectivity index is 1.40. The van der Waals surface area contributed by atoms with Crippen molar-refractivity contribution in [1.82, 2.24) is 24.6 Å². The molecule has 0 spiro atoms. The fraction of sp³-hybridized carbons (Fsp3) is 0.619. The lowest BCUT2D eigenvalue weighted by Gasteiger charge is -2.34. The number of hydrogen-bond acceptors (Lipinski definition) is 7. The predicted molar refractivity (Wildman–Crippen MR) is 117 cm³/mol. The minimum atomic E-state index is -0.325. The van der Waals surface area contributed by atoms with Crippen LogP contribution in [0.5, 0.6) is 0 Å². The summed E-state index contributed by atoms with van der Waals surface area (Å²) < 4.78 is 2.06. The van der Waals surface area contributed by atoms with E-state index in [1.165, 1.54) is 0 Å². The molecule has 1 amide bonds. The first-order valence-corrected chi connectivity index (χ1v) is 10.9. The molecule has 0 unspecified atom stereocenters. The van der Waals surface area contributed by atoms with Crippen molar-refractivity contribution >= 4 is 23.4 Å². The van der Waals surface area contributed by atoms with Gasteiger partial charge in [0, 0.05) is 50.1 Å². The Morgan fingerprint density at radius 2 is 2.00 bits per heavy atom. The number of nitrogens with one attached hydrogen (secondary N) is 2. The van der Waals surface area contributed by atoms with E-state index in [1.807, 2.05) is 18.6 Å². The lowest BCUT2D eigenvalue weighted by atomic mass is 10.0. The summed E-state index contributed by atoms with van der Waals surface area (Å²) in [5.74, 6) is 1.49. The first-order chi connectivity index (χ1) is 14.5. The molecule has 1 saturated carbocycles. The van der Waals surface area contributed by atoms with Gasteiger partial charge in [0.25, 0.3) is 0 Å². The number of amides is 1. The molecule has 0 bridgehead atoms. The molecule has 0 atom stereocenters. The Kier molecular flexibility index (Phi) is 6.17. The van der Waals surface area contributed by atoms with E-state index in [1.54, 1.807) is 0 Å². The van der Waals surface area contributed by atoms with Crippen LogP contribution in [-0.2, 0) is 4.79 Å². The number of rotatable bonds is 9. The van der Waals surface area contributed by atoms with Gasteiger partial charge in [-0.3, -0.25) is 9.48 Å². The van der Waals surface area contributed by atoms with Gasteiger partial charge in [-0.25, -0.2) is 4.98 Å². The Labute approximate surface area is 177 Å². The van der Waals surface area contributed by atoms with Gasteiger partial charge in [0.2, 0.25) is 11.9 Å². The minimum Gasteiger partial charge on any atom is -0.370 e. The van der Waals surface area contributed by atoms with Crippen LogP contribution in [0, 0.1) is 0 Å². The van der Waals surface area contributed by atoms with Gasteiger partial charge in [0.05, 0.1) is 17.9 Å². The Hall–Kier alpha value is -2.68. The third-order valence-electron chi connectivity index (χ3n) is 5.96. The second kappa shape index (κ2) is 8.99. The molecule has 9 nitrogen and oxygen atoms in total. The highest BCUT2D eigenvalue weighted by atomic mass is 16.1. The number of hydrogen-bond donors (Lipinski definition) is 3. The highest BCUT2D eigenvalue weighted by Crippen LogP contribution is 2.42. The van der Waals surface area contributed by atoms with Crippen molar-refractivity contribution in [2.24, 2.45) is 5.73 Å². The van der Waals surface area contributed by atoms with Crippen molar-refractivity contribution in [2.75, 3.05) is 30.3 Å². The van der Waals surface area contributed by atoms with Crippen molar-refractivity contribution in [3.8, 4) is 0 Å². The quantitative estimate of drug-likeness (QED) is 0.580. The molecule has 1 aliphatic carbocycles. The van der Waals surface area contributed by atoms with Crippen molar-refractivity contribution in [3.63, 3.8) is 0 Å². The van der Waals surface area contributed by atoms with Crippen LogP contribution in [0.15, 0.2) is 18.6 Å². The van der Waals surface area contributed by atoms with Gasteiger partial charge >= 0.3 is 0 Å². The van der Waals surface area contributed by atoms with Crippen molar-refractivity contribution in [1.29, 1.82) is 0 Å². The molecule has 4 rings (SSSR count). The van der Waals surface area contributed by atoms with Crippen LogP contribution in [0.1, 0.15) is 63.5 Å². The van der Waals surface area contributed by atoms with Crippen LogP contribution >= 0.6 is 0 Å². The molecular formula is C21H32N8O. The number of nitrogens with zero attached hydrogens (tertiary/aromatic N) is 5. The van der Waals surface area contributed by atoms with Gasteiger partial charge < -0.3 is 21.3 Å². The zero-order chi connectivity index (χ0) is 21.1. The topological polar surface area (TPSA) is 114 Å². The van der Waals surface area contributed by atoms with Gasteiger partial charge in [0.15, 0.2) is 0 Å².